The molecular weight excluding hydrogens is 379 g/mol. The highest BCUT2D eigenvalue weighted by molar-refractivity contribution is 6.39. The van der Waals surface area contributed by atoms with E-state index in [1.807, 2.05) is 0 Å². The van der Waals surface area contributed by atoms with E-state index in [9.17, 15) is 14.4 Å². The number of methoxy groups -OCH3 is 1. The van der Waals surface area contributed by atoms with Crippen molar-refractivity contribution in [2.45, 2.75) is 0 Å². The van der Waals surface area contributed by atoms with E-state index in [4.69, 9.17) is 27.9 Å². The number of anilines is 1. The van der Waals surface area contributed by atoms with Gasteiger partial charge in [0, 0.05) is 15.6 Å². The molecule has 4 amide bonds. The summed E-state index contributed by atoms with van der Waals surface area (Å²) in [4.78, 5) is 38.0. The molecule has 2 aromatic rings. The number of halogens is 2. The smallest absolute Gasteiger partial charge is 0.335 e. The Morgan fingerprint density at radius 3 is 2.31 bits per heavy atom. The van der Waals surface area contributed by atoms with E-state index in [-0.39, 0.29) is 11.3 Å². The van der Waals surface area contributed by atoms with E-state index in [1.54, 1.807) is 18.2 Å². The lowest BCUT2D eigenvalue weighted by atomic mass is 10.1. The number of nitrogens with one attached hydrogen (secondary N) is 1. The summed E-state index contributed by atoms with van der Waals surface area (Å²) >= 11 is 11.8. The molecule has 0 aromatic heterocycles. The summed E-state index contributed by atoms with van der Waals surface area (Å²) in [5.41, 5.74) is 0.498. The largest absolute Gasteiger partial charge is 0.496 e. The minimum atomic E-state index is -0.836. The van der Waals surface area contributed by atoms with Gasteiger partial charge in [-0.3, -0.25) is 14.9 Å². The normalized spacial score (nSPS) is 16.0. The first kappa shape index (κ1) is 18.0. The van der Waals surface area contributed by atoms with Crippen LogP contribution in [-0.2, 0) is 9.59 Å². The Kier molecular flexibility index (Phi) is 4.97. The Balaban J connectivity index is 2.06. The quantitative estimate of drug-likeness (QED) is 0.640. The van der Waals surface area contributed by atoms with Crippen LogP contribution in [0.4, 0.5) is 10.5 Å². The first-order valence-corrected chi connectivity index (χ1v) is 8.17. The fourth-order valence-electron chi connectivity index (χ4n) is 2.46. The lowest BCUT2D eigenvalue weighted by Crippen LogP contribution is -2.54. The van der Waals surface area contributed by atoms with Crippen LogP contribution in [0.2, 0.25) is 10.0 Å². The van der Waals surface area contributed by atoms with E-state index in [1.165, 1.54) is 37.5 Å². The Labute approximate surface area is 158 Å². The van der Waals surface area contributed by atoms with Crippen molar-refractivity contribution in [3.05, 3.63) is 63.6 Å². The predicted octanol–water partition coefficient (Wildman–Crippen LogP) is 3.67. The standard InChI is InChI=1S/C18H12Cl2N2O4/c1-26-15-7-4-12(20)8-10(15)9-14-16(23)21-18(25)22(17(14)24)13-5-2-11(19)3-6-13/h2-9H,1H3,(H,21,23,25)/b14-9+. The number of benzene rings is 2. The number of hydrogen-bond acceptors (Lipinski definition) is 4. The molecule has 26 heavy (non-hydrogen) atoms. The number of nitrogens with zero attached hydrogens (tertiary/aromatic N) is 1. The SMILES string of the molecule is COc1ccc(Cl)cc1/C=C1\C(=O)NC(=O)N(c2ccc(Cl)cc2)C1=O. The van der Waals surface area contributed by atoms with Crippen molar-refractivity contribution in [2.75, 3.05) is 12.0 Å². The third-order valence-corrected chi connectivity index (χ3v) is 4.17. The molecule has 1 aliphatic heterocycles. The van der Waals surface area contributed by atoms with Gasteiger partial charge in [0.05, 0.1) is 12.8 Å². The molecule has 1 aliphatic rings. The molecule has 1 N–H and O–H groups in total. The van der Waals surface area contributed by atoms with Crippen LogP contribution >= 0.6 is 23.2 Å². The first-order chi connectivity index (χ1) is 12.4. The fourth-order valence-corrected chi connectivity index (χ4v) is 2.76. The molecule has 3 rings (SSSR count). The van der Waals surface area contributed by atoms with Crippen molar-refractivity contribution in [3.8, 4) is 5.75 Å². The number of imide groups is 2. The predicted molar refractivity (Wildman–Crippen MR) is 98.5 cm³/mol. The third-order valence-electron chi connectivity index (χ3n) is 3.68. The second kappa shape index (κ2) is 7.19. The molecule has 0 bridgehead atoms. The average Bonchev–Trinajstić information content (AvgIpc) is 2.60. The molecule has 1 heterocycles. The molecule has 0 unspecified atom stereocenters. The van der Waals surface area contributed by atoms with Gasteiger partial charge in [0.15, 0.2) is 0 Å². The summed E-state index contributed by atoms with van der Waals surface area (Å²) in [6.07, 6.45) is 1.33. The highest BCUT2D eigenvalue weighted by atomic mass is 35.5. The van der Waals surface area contributed by atoms with Crippen molar-refractivity contribution in [1.29, 1.82) is 0 Å². The number of carbonyl (C=O) groups excluding carboxylic acids is 3. The minimum absolute atomic E-state index is 0.222. The first-order valence-electron chi connectivity index (χ1n) is 7.41. The highest BCUT2D eigenvalue weighted by Crippen LogP contribution is 2.28. The lowest BCUT2D eigenvalue weighted by Gasteiger charge is -2.26. The van der Waals surface area contributed by atoms with Crippen LogP contribution < -0.4 is 15.0 Å². The molecule has 0 saturated carbocycles. The van der Waals surface area contributed by atoms with Crippen molar-refractivity contribution < 1.29 is 19.1 Å². The van der Waals surface area contributed by atoms with Crippen LogP contribution in [-0.4, -0.2) is 25.0 Å². The van der Waals surface area contributed by atoms with Crippen molar-refractivity contribution in [3.63, 3.8) is 0 Å². The minimum Gasteiger partial charge on any atom is -0.496 e. The zero-order valence-corrected chi connectivity index (χ0v) is 15.0. The van der Waals surface area contributed by atoms with Gasteiger partial charge < -0.3 is 4.74 Å². The molecule has 2 aromatic carbocycles. The van der Waals surface area contributed by atoms with Crippen LogP contribution in [0.1, 0.15) is 5.56 Å². The number of urea groups is 1. The number of barbiturate groups is 1. The van der Waals surface area contributed by atoms with E-state index >= 15 is 0 Å². The number of carbonyl (C=O) groups is 3. The third kappa shape index (κ3) is 3.42. The molecule has 1 saturated heterocycles. The van der Waals surface area contributed by atoms with E-state index < -0.39 is 17.8 Å². The van der Waals surface area contributed by atoms with Gasteiger partial charge >= 0.3 is 6.03 Å². The topological polar surface area (TPSA) is 75.7 Å². The number of rotatable bonds is 3. The van der Waals surface area contributed by atoms with Crippen LogP contribution in [0.5, 0.6) is 5.75 Å². The Morgan fingerprint density at radius 2 is 1.65 bits per heavy atom. The van der Waals surface area contributed by atoms with Crippen molar-refractivity contribution >= 4 is 52.8 Å². The van der Waals surface area contributed by atoms with Crippen LogP contribution in [0.25, 0.3) is 6.08 Å². The van der Waals surface area contributed by atoms with Gasteiger partial charge in [0.25, 0.3) is 11.8 Å². The van der Waals surface area contributed by atoms with Crippen molar-refractivity contribution in [1.82, 2.24) is 5.32 Å². The second-order valence-electron chi connectivity index (χ2n) is 5.32. The molecule has 0 spiro atoms. The van der Waals surface area contributed by atoms with Gasteiger partial charge in [-0.2, -0.15) is 0 Å². The maximum atomic E-state index is 12.8. The monoisotopic (exact) mass is 390 g/mol. The average molecular weight is 391 g/mol. The summed E-state index contributed by atoms with van der Waals surface area (Å²) < 4.78 is 5.22. The number of amides is 4. The molecule has 0 radical (unpaired) electrons. The maximum Gasteiger partial charge on any atom is 0.335 e. The summed E-state index contributed by atoms with van der Waals surface area (Å²) in [6.45, 7) is 0. The summed E-state index contributed by atoms with van der Waals surface area (Å²) in [7, 11) is 1.46. The second-order valence-corrected chi connectivity index (χ2v) is 6.19. The molecule has 6 nitrogen and oxygen atoms in total. The fraction of sp³-hybridized carbons (Fsp3) is 0.0556. The zero-order chi connectivity index (χ0) is 18.8. The highest BCUT2D eigenvalue weighted by Gasteiger charge is 2.36. The summed E-state index contributed by atoms with van der Waals surface area (Å²) in [6, 6.07) is 10.0. The molecule has 0 aliphatic carbocycles. The van der Waals surface area contributed by atoms with Gasteiger partial charge in [0.2, 0.25) is 0 Å². The van der Waals surface area contributed by atoms with E-state index in [2.05, 4.69) is 5.32 Å². The zero-order valence-electron chi connectivity index (χ0n) is 13.5. The maximum absolute atomic E-state index is 12.8. The Bertz CT molecular complexity index is 939. The Morgan fingerprint density at radius 1 is 1.00 bits per heavy atom. The molecular formula is C18H12Cl2N2O4. The van der Waals surface area contributed by atoms with Gasteiger partial charge in [-0.05, 0) is 48.5 Å². The van der Waals surface area contributed by atoms with Gasteiger partial charge in [-0.15, -0.1) is 0 Å². The van der Waals surface area contributed by atoms with Crippen molar-refractivity contribution in [2.24, 2.45) is 0 Å². The van der Waals surface area contributed by atoms with Crippen LogP contribution in [0, 0.1) is 0 Å². The summed E-state index contributed by atoms with van der Waals surface area (Å²) in [5, 5.41) is 3.01. The number of hydrogen-bond donors (Lipinski definition) is 1. The van der Waals surface area contributed by atoms with Gasteiger partial charge in [0.1, 0.15) is 11.3 Å². The van der Waals surface area contributed by atoms with E-state index in [0.29, 0.717) is 21.4 Å². The Hall–Kier alpha value is -2.83. The lowest BCUT2D eigenvalue weighted by molar-refractivity contribution is -0.122. The molecule has 0 atom stereocenters. The molecule has 1 fully saturated rings. The van der Waals surface area contributed by atoms with E-state index in [0.717, 1.165) is 4.90 Å². The molecule has 8 heteroatoms. The van der Waals surface area contributed by atoms with Crippen LogP contribution in [0.3, 0.4) is 0 Å². The van der Waals surface area contributed by atoms with Gasteiger partial charge in [-0.1, -0.05) is 23.2 Å². The molecule has 132 valence electrons. The van der Waals surface area contributed by atoms with Gasteiger partial charge in [-0.25, -0.2) is 9.69 Å². The number of ether oxygens (including phenoxy) is 1. The summed E-state index contributed by atoms with van der Waals surface area (Å²) in [5.74, 6) is -1.13. The van der Waals surface area contributed by atoms with Crippen LogP contribution in [0.15, 0.2) is 48.0 Å².